The number of likely N-dealkylation sites (N-methyl/N-ethyl adjacent to an activating group) is 1. The molecule has 2 aromatic rings. The fourth-order valence-corrected chi connectivity index (χ4v) is 4.49. The molecule has 2 aliphatic rings. The van der Waals surface area contributed by atoms with Gasteiger partial charge >= 0.3 is 0 Å². The SMILES string of the molecule is CCCCn1c(O)c(C=NC[C@H]2c3c(cc4c(c3OC)OCO4)CCN2C)c(=O)[nH]c1=S. The fraction of sp³-hybridized carbons (Fsp3) is 0.500. The zero-order valence-electron chi connectivity index (χ0n) is 18.5. The Morgan fingerprint density at radius 2 is 2.25 bits per heavy atom. The number of hydrogen-bond acceptors (Lipinski definition) is 8. The van der Waals surface area contributed by atoms with E-state index in [-0.39, 0.29) is 29.0 Å². The summed E-state index contributed by atoms with van der Waals surface area (Å²) in [5, 5.41) is 10.6. The van der Waals surface area contributed by atoms with E-state index >= 15 is 0 Å². The highest BCUT2D eigenvalue weighted by Crippen LogP contribution is 2.49. The molecule has 2 N–H and O–H groups in total. The van der Waals surface area contributed by atoms with Crippen LogP contribution in [0.5, 0.6) is 23.1 Å². The Hall–Kier alpha value is -2.85. The molecule has 1 aromatic heterocycles. The van der Waals surface area contributed by atoms with Crippen LogP contribution < -0.4 is 19.8 Å². The first-order chi connectivity index (χ1) is 15.5. The first-order valence-electron chi connectivity index (χ1n) is 10.7. The summed E-state index contributed by atoms with van der Waals surface area (Å²) in [4.78, 5) is 21.8. The van der Waals surface area contributed by atoms with Gasteiger partial charge in [-0.15, -0.1) is 0 Å². The largest absolute Gasteiger partial charge is 0.494 e. The van der Waals surface area contributed by atoms with Gasteiger partial charge in [-0.25, -0.2) is 0 Å². The second-order valence-corrected chi connectivity index (χ2v) is 8.35. The Morgan fingerprint density at radius 1 is 1.44 bits per heavy atom. The van der Waals surface area contributed by atoms with Crippen LogP contribution in [0, 0.1) is 4.77 Å². The molecule has 0 aliphatic carbocycles. The highest BCUT2D eigenvalue weighted by molar-refractivity contribution is 7.71. The van der Waals surface area contributed by atoms with E-state index < -0.39 is 5.56 Å². The molecule has 10 heteroatoms. The van der Waals surface area contributed by atoms with Crippen molar-refractivity contribution in [2.45, 2.75) is 38.8 Å². The summed E-state index contributed by atoms with van der Waals surface area (Å²) in [7, 11) is 3.65. The summed E-state index contributed by atoms with van der Waals surface area (Å²) < 4.78 is 18.7. The maximum Gasteiger partial charge on any atom is 0.264 e. The van der Waals surface area contributed by atoms with Gasteiger partial charge in [0.15, 0.2) is 16.3 Å². The van der Waals surface area contributed by atoms with Gasteiger partial charge in [-0.3, -0.25) is 24.2 Å². The molecule has 1 aromatic carbocycles. The molecule has 9 nitrogen and oxygen atoms in total. The average molecular weight is 461 g/mol. The third-order valence-corrected chi connectivity index (χ3v) is 6.31. The summed E-state index contributed by atoms with van der Waals surface area (Å²) in [6.07, 6.45) is 4.06. The highest BCUT2D eigenvalue weighted by Gasteiger charge is 2.33. The van der Waals surface area contributed by atoms with E-state index in [0.717, 1.165) is 36.9 Å². The lowest BCUT2D eigenvalue weighted by Crippen LogP contribution is -2.34. The number of aromatic nitrogens is 2. The first kappa shape index (κ1) is 22.3. The molecule has 172 valence electrons. The predicted molar refractivity (Wildman–Crippen MR) is 123 cm³/mol. The van der Waals surface area contributed by atoms with Crippen molar-refractivity contribution in [1.29, 1.82) is 0 Å². The molecule has 0 unspecified atom stereocenters. The number of aromatic hydroxyl groups is 1. The van der Waals surface area contributed by atoms with Gasteiger partial charge in [0, 0.05) is 24.9 Å². The number of nitrogens with zero attached hydrogens (tertiary/aromatic N) is 3. The van der Waals surface area contributed by atoms with Crippen molar-refractivity contribution in [3.63, 3.8) is 0 Å². The van der Waals surface area contributed by atoms with Crippen molar-refractivity contribution in [1.82, 2.24) is 14.5 Å². The molecule has 2 aliphatic heterocycles. The normalized spacial score (nSPS) is 17.7. The van der Waals surface area contributed by atoms with Crippen molar-refractivity contribution in [3.8, 4) is 23.1 Å². The molecule has 3 heterocycles. The number of ether oxygens (including phenoxy) is 3. The van der Waals surface area contributed by atoms with Gasteiger partial charge in [-0.05, 0) is 43.7 Å². The van der Waals surface area contributed by atoms with Gasteiger partial charge in [0.05, 0.1) is 19.7 Å². The van der Waals surface area contributed by atoms with Crippen LogP contribution in [0.2, 0.25) is 0 Å². The molecule has 1 atom stereocenters. The summed E-state index contributed by atoms with van der Waals surface area (Å²) >= 11 is 5.20. The third kappa shape index (κ3) is 4.00. The number of fused-ring (bicyclic) bond motifs is 2. The number of unbranched alkanes of at least 4 members (excludes halogenated alkanes) is 1. The second kappa shape index (κ2) is 9.33. The van der Waals surface area contributed by atoms with Gasteiger partial charge in [0.2, 0.25) is 18.4 Å². The lowest BCUT2D eigenvalue weighted by Gasteiger charge is -2.35. The molecule has 32 heavy (non-hydrogen) atoms. The standard InChI is InChI=1S/C22H28N4O5S/c1-4-5-7-26-21(28)14(20(27)24-22(26)32)10-23-11-15-17-13(6-8-25(15)2)9-16-18(19(17)29-3)31-12-30-16/h9-10,15,28H,4-8,11-12H2,1-3H3,(H,24,27,32)/t15-/m0/s1. The van der Waals surface area contributed by atoms with Crippen LogP contribution in [-0.2, 0) is 13.0 Å². The quantitative estimate of drug-likeness (QED) is 0.484. The third-order valence-electron chi connectivity index (χ3n) is 5.99. The summed E-state index contributed by atoms with van der Waals surface area (Å²) in [6, 6.07) is 1.94. The van der Waals surface area contributed by atoms with Crippen molar-refractivity contribution in [3.05, 3.63) is 37.9 Å². The molecular formula is C22H28N4O5S. The molecule has 0 radical (unpaired) electrons. The van der Waals surface area contributed by atoms with Crippen LogP contribution in [0.25, 0.3) is 0 Å². The monoisotopic (exact) mass is 460 g/mol. The molecule has 0 saturated heterocycles. The molecule has 0 amide bonds. The van der Waals surface area contributed by atoms with Crippen molar-refractivity contribution < 1.29 is 19.3 Å². The number of nitrogens with one attached hydrogen (secondary N) is 1. The molecule has 0 fully saturated rings. The van der Waals surface area contributed by atoms with E-state index in [1.807, 2.05) is 20.0 Å². The van der Waals surface area contributed by atoms with Crippen molar-refractivity contribution in [2.75, 3.05) is 34.0 Å². The van der Waals surface area contributed by atoms with E-state index in [1.54, 1.807) is 7.11 Å². The van der Waals surface area contributed by atoms with Crippen molar-refractivity contribution >= 4 is 18.4 Å². The van der Waals surface area contributed by atoms with Gasteiger partial charge in [0.1, 0.15) is 5.56 Å². The number of H-pyrrole nitrogens is 1. The average Bonchev–Trinajstić information content (AvgIpc) is 3.24. The number of methoxy groups -OCH3 is 1. The number of aliphatic imine (C=N–C) groups is 1. The number of hydrogen-bond donors (Lipinski definition) is 2. The van der Waals surface area contributed by atoms with Crippen LogP contribution >= 0.6 is 12.2 Å². The minimum atomic E-state index is -0.456. The van der Waals surface area contributed by atoms with Crippen LogP contribution in [-0.4, -0.2) is 59.8 Å². The smallest absolute Gasteiger partial charge is 0.264 e. The summed E-state index contributed by atoms with van der Waals surface area (Å²) in [5.74, 6) is 1.82. The lowest BCUT2D eigenvalue weighted by molar-refractivity contribution is 0.170. The molecule has 0 bridgehead atoms. The maximum absolute atomic E-state index is 12.4. The van der Waals surface area contributed by atoms with E-state index in [9.17, 15) is 9.90 Å². The van der Waals surface area contributed by atoms with E-state index in [1.165, 1.54) is 10.8 Å². The van der Waals surface area contributed by atoms with Gasteiger partial charge in [-0.1, -0.05) is 13.3 Å². The fourth-order valence-electron chi connectivity index (χ4n) is 4.21. The Balaban J connectivity index is 1.66. The van der Waals surface area contributed by atoms with Crippen LogP contribution in [0.15, 0.2) is 15.9 Å². The van der Waals surface area contributed by atoms with Crippen LogP contribution in [0.3, 0.4) is 0 Å². The van der Waals surface area contributed by atoms with Crippen LogP contribution in [0.4, 0.5) is 0 Å². The second-order valence-electron chi connectivity index (χ2n) is 7.96. The molecule has 4 rings (SSSR count). The maximum atomic E-state index is 12.4. The number of benzene rings is 1. The molecule has 0 spiro atoms. The lowest BCUT2D eigenvalue weighted by atomic mass is 9.91. The molecule has 0 saturated carbocycles. The highest BCUT2D eigenvalue weighted by atomic mass is 32.1. The van der Waals surface area contributed by atoms with Gasteiger partial charge in [0.25, 0.3) is 5.56 Å². The number of aromatic amines is 1. The van der Waals surface area contributed by atoms with E-state index in [4.69, 9.17) is 26.4 Å². The Bertz CT molecular complexity index is 1160. The topological polar surface area (TPSA) is 101 Å². The number of rotatable bonds is 7. The Labute approximate surface area is 191 Å². The Kier molecular flexibility index (Phi) is 6.52. The summed E-state index contributed by atoms with van der Waals surface area (Å²) in [6.45, 7) is 3.98. The minimum absolute atomic E-state index is 0.0777. The first-order valence-corrected chi connectivity index (χ1v) is 11.1. The minimum Gasteiger partial charge on any atom is -0.494 e. The van der Waals surface area contributed by atoms with Gasteiger partial charge < -0.3 is 19.3 Å². The Morgan fingerprint density at radius 3 is 3.00 bits per heavy atom. The van der Waals surface area contributed by atoms with Crippen molar-refractivity contribution in [2.24, 2.45) is 4.99 Å². The van der Waals surface area contributed by atoms with E-state index in [2.05, 4.69) is 14.9 Å². The summed E-state index contributed by atoms with van der Waals surface area (Å²) in [5.41, 5.74) is 1.80. The molecular weight excluding hydrogens is 432 g/mol. The zero-order valence-corrected chi connectivity index (χ0v) is 19.3. The van der Waals surface area contributed by atoms with Crippen LogP contribution in [0.1, 0.15) is 42.5 Å². The van der Waals surface area contributed by atoms with E-state index in [0.29, 0.717) is 30.3 Å². The van der Waals surface area contributed by atoms with Gasteiger partial charge in [-0.2, -0.15) is 0 Å². The zero-order chi connectivity index (χ0) is 22.8. The predicted octanol–water partition coefficient (Wildman–Crippen LogP) is 2.80.